The second-order valence-electron chi connectivity index (χ2n) is 7.35. The average molecular weight is 390 g/mol. The second kappa shape index (κ2) is 9.28. The average Bonchev–Trinajstić information content (AvgIpc) is 2.81. The third-order valence-corrected chi connectivity index (χ3v) is 5.34. The van der Waals surface area contributed by atoms with Gasteiger partial charge in [-0.05, 0) is 60.6 Å². The molecule has 0 radical (unpaired) electrons. The molecule has 1 heteroatoms. The van der Waals surface area contributed by atoms with Crippen LogP contribution in [0.3, 0.4) is 0 Å². The number of allylic oxidation sites excluding steroid dienone is 8. The predicted molar refractivity (Wildman–Crippen MR) is 132 cm³/mol. The SMILES string of the molecule is C=C/C=C(\C=C/C)c1ccc(N(C2=CCCC=C2)c2cccc3ccccc23)cc1. The normalized spacial score (nSPS) is 14.2. The molecule has 4 rings (SSSR count). The van der Waals surface area contributed by atoms with E-state index in [2.05, 4.69) is 109 Å². The van der Waals surface area contributed by atoms with E-state index in [4.69, 9.17) is 0 Å². The van der Waals surface area contributed by atoms with Crippen LogP contribution in [0, 0.1) is 0 Å². The van der Waals surface area contributed by atoms with Gasteiger partial charge in [-0.2, -0.15) is 0 Å². The van der Waals surface area contributed by atoms with Crippen LogP contribution in [0.4, 0.5) is 11.4 Å². The van der Waals surface area contributed by atoms with Crippen LogP contribution in [0.2, 0.25) is 0 Å². The quantitative estimate of drug-likeness (QED) is 0.383. The highest BCUT2D eigenvalue weighted by atomic mass is 15.1. The Morgan fingerprint density at radius 3 is 2.47 bits per heavy atom. The highest BCUT2D eigenvalue weighted by molar-refractivity contribution is 5.97. The van der Waals surface area contributed by atoms with Crippen molar-refractivity contribution in [3.8, 4) is 0 Å². The standard InChI is InChI=1S/C29H27N/c1-3-11-23(12-4-2)24-19-21-27(22-20-24)30(26-15-6-5-7-16-26)29-18-10-14-25-13-8-9-17-28(25)29/h3-4,6,8-22H,1,5,7H2,2H3/b12-4-,23-11+. The zero-order chi connectivity index (χ0) is 20.8. The van der Waals surface area contributed by atoms with Gasteiger partial charge in [0, 0.05) is 16.8 Å². The Morgan fingerprint density at radius 1 is 0.933 bits per heavy atom. The summed E-state index contributed by atoms with van der Waals surface area (Å²) in [6.07, 6.45) is 17.1. The molecule has 0 bridgehead atoms. The van der Waals surface area contributed by atoms with Gasteiger partial charge in [-0.15, -0.1) is 0 Å². The summed E-state index contributed by atoms with van der Waals surface area (Å²) in [6.45, 7) is 5.89. The van der Waals surface area contributed by atoms with Crippen molar-refractivity contribution in [3.63, 3.8) is 0 Å². The fourth-order valence-corrected chi connectivity index (χ4v) is 3.95. The Morgan fingerprint density at radius 2 is 1.73 bits per heavy atom. The molecule has 3 aromatic rings. The van der Waals surface area contributed by atoms with Gasteiger partial charge in [0.2, 0.25) is 0 Å². The van der Waals surface area contributed by atoms with E-state index in [1.165, 1.54) is 27.7 Å². The molecule has 1 aliphatic rings. The van der Waals surface area contributed by atoms with Crippen LogP contribution >= 0.6 is 0 Å². The van der Waals surface area contributed by atoms with Crippen LogP contribution in [0.15, 0.2) is 122 Å². The van der Waals surface area contributed by atoms with Gasteiger partial charge in [-0.25, -0.2) is 0 Å². The maximum absolute atomic E-state index is 3.85. The summed E-state index contributed by atoms with van der Waals surface area (Å²) < 4.78 is 0. The summed E-state index contributed by atoms with van der Waals surface area (Å²) in [5, 5.41) is 2.51. The fraction of sp³-hybridized carbons (Fsp3) is 0.103. The minimum absolute atomic E-state index is 1.07. The molecule has 0 heterocycles. The molecular weight excluding hydrogens is 362 g/mol. The molecule has 0 saturated heterocycles. The molecule has 3 aromatic carbocycles. The number of benzene rings is 3. The summed E-state index contributed by atoms with van der Waals surface area (Å²) in [5.74, 6) is 0. The van der Waals surface area contributed by atoms with E-state index in [1.54, 1.807) is 0 Å². The van der Waals surface area contributed by atoms with Gasteiger partial charge in [-0.3, -0.25) is 0 Å². The van der Waals surface area contributed by atoms with Gasteiger partial charge in [0.15, 0.2) is 0 Å². The number of hydrogen-bond donors (Lipinski definition) is 0. The van der Waals surface area contributed by atoms with E-state index in [0.29, 0.717) is 0 Å². The topological polar surface area (TPSA) is 3.24 Å². The first-order chi connectivity index (χ1) is 14.8. The largest absolute Gasteiger partial charge is 0.310 e. The molecule has 0 N–H and O–H groups in total. The highest BCUT2D eigenvalue weighted by Crippen LogP contribution is 2.37. The number of nitrogens with zero attached hydrogens (tertiary/aromatic N) is 1. The van der Waals surface area contributed by atoms with E-state index in [1.807, 2.05) is 19.1 Å². The zero-order valence-electron chi connectivity index (χ0n) is 17.5. The van der Waals surface area contributed by atoms with E-state index in [-0.39, 0.29) is 0 Å². The molecule has 1 aliphatic carbocycles. The molecule has 148 valence electrons. The minimum Gasteiger partial charge on any atom is -0.310 e. The number of anilines is 2. The Kier molecular flexibility index (Phi) is 6.10. The monoisotopic (exact) mass is 389 g/mol. The van der Waals surface area contributed by atoms with Crippen LogP contribution < -0.4 is 4.90 Å². The van der Waals surface area contributed by atoms with Crippen molar-refractivity contribution in [2.45, 2.75) is 19.8 Å². The third-order valence-electron chi connectivity index (χ3n) is 5.34. The van der Waals surface area contributed by atoms with Gasteiger partial charge in [-0.1, -0.05) is 91.6 Å². The van der Waals surface area contributed by atoms with Crippen molar-refractivity contribution in [2.75, 3.05) is 4.90 Å². The first-order valence-electron chi connectivity index (χ1n) is 10.5. The van der Waals surface area contributed by atoms with Crippen molar-refractivity contribution in [2.24, 2.45) is 0 Å². The maximum Gasteiger partial charge on any atom is 0.0539 e. The lowest BCUT2D eigenvalue weighted by molar-refractivity contribution is 0.998. The molecule has 0 spiro atoms. The summed E-state index contributed by atoms with van der Waals surface area (Å²) in [7, 11) is 0. The molecule has 0 aromatic heterocycles. The van der Waals surface area contributed by atoms with Crippen molar-refractivity contribution in [1.29, 1.82) is 0 Å². The molecule has 0 saturated carbocycles. The van der Waals surface area contributed by atoms with E-state index >= 15 is 0 Å². The van der Waals surface area contributed by atoms with Gasteiger partial charge in [0.05, 0.1) is 5.69 Å². The highest BCUT2D eigenvalue weighted by Gasteiger charge is 2.16. The van der Waals surface area contributed by atoms with Crippen molar-refractivity contribution >= 4 is 27.7 Å². The maximum atomic E-state index is 3.85. The fourth-order valence-electron chi connectivity index (χ4n) is 3.95. The van der Waals surface area contributed by atoms with E-state index in [0.717, 1.165) is 24.1 Å². The molecule has 0 unspecified atom stereocenters. The van der Waals surface area contributed by atoms with E-state index < -0.39 is 0 Å². The van der Waals surface area contributed by atoms with Crippen molar-refractivity contribution < 1.29 is 0 Å². The molecule has 0 atom stereocenters. The summed E-state index contributed by atoms with van der Waals surface area (Å²) >= 11 is 0. The molecule has 0 aliphatic heterocycles. The Balaban J connectivity index is 1.83. The van der Waals surface area contributed by atoms with Crippen LogP contribution in [-0.4, -0.2) is 0 Å². The second-order valence-corrected chi connectivity index (χ2v) is 7.35. The predicted octanol–water partition coefficient (Wildman–Crippen LogP) is 8.36. The molecular formula is C29H27N. The molecule has 30 heavy (non-hydrogen) atoms. The van der Waals surface area contributed by atoms with E-state index in [9.17, 15) is 0 Å². The first-order valence-corrected chi connectivity index (χ1v) is 10.5. The van der Waals surface area contributed by atoms with Crippen LogP contribution in [0.1, 0.15) is 25.3 Å². The molecule has 1 nitrogen and oxygen atoms in total. The molecule has 0 fully saturated rings. The Bertz CT molecular complexity index is 1150. The van der Waals surface area contributed by atoms with Crippen molar-refractivity contribution in [3.05, 3.63) is 127 Å². The van der Waals surface area contributed by atoms with Gasteiger partial charge in [0.25, 0.3) is 0 Å². The summed E-state index contributed by atoms with van der Waals surface area (Å²) in [5.41, 5.74) is 5.93. The number of hydrogen-bond acceptors (Lipinski definition) is 1. The van der Waals surface area contributed by atoms with Crippen LogP contribution in [0.25, 0.3) is 16.3 Å². The number of fused-ring (bicyclic) bond motifs is 1. The van der Waals surface area contributed by atoms with Crippen LogP contribution in [0.5, 0.6) is 0 Å². The van der Waals surface area contributed by atoms with Gasteiger partial charge >= 0.3 is 0 Å². The zero-order valence-corrected chi connectivity index (χ0v) is 17.5. The smallest absolute Gasteiger partial charge is 0.0539 e. The lowest BCUT2D eigenvalue weighted by atomic mass is 10.0. The third kappa shape index (κ3) is 4.06. The lowest BCUT2D eigenvalue weighted by Gasteiger charge is -2.29. The van der Waals surface area contributed by atoms with Gasteiger partial charge in [0.1, 0.15) is 0 Å². The first kappa shape index (κ1) is 19.7. The van der Waals surface area contributed by atoms with Gasteiger partial charge < -0.3 is 4.90 Å². The Hall–Kier alpha value is -3.58. The van der Waals surface area contributed by atoms with Crippen molar-refractivity contribution in [1.82, 2.24) is 0 Å². The molecule has 0 amide bonds. The lowest BCUT2D eigenvalue weighted by Crippen LogP contribution is -2.16. The van der Waals surface area contributed by atoms with Crippen LogP contribution in [-0.2, 0) is 0 Å². The minimum atomic E-state index is 1.07. The Labute approximate surface area is 179 Å². The summed E-state index contributed by atoms with van der Waals surface area (Å²) in [6, 6.07) is 23.9. The summed E-state index contributed by atoms with van der Waals surface area (Å²) in [4.78, 5) is 2.37. The number of rotatable bonds is 6.